The molecule has 9 heteroatoms. The maximum absolute atomic E-state index is 12.9. The highest BCUT2D eigenvalue weighted by molar-refractivity contribution is 5.99. The Morgan fingerprint density at radius 3 is 2.60 bits per heavy atom. The molecule has 0 spiro atoms. The molecule has 0 unspecified atom stereocenters. The molecule has 2 heterocycles. The number of rotatable bonds is 4. The second kappa shape index (κ2) is 9.06. The number of hydrogen-bond acceptors (Lipinski definition) is 6. The van der Waals surface area contributed by atoms with Crippen LogP contribution < -0.4 is 16.6 Å². The number of ether oxygens (including phenoxy) is 1. The Morgan fingerprint density at radius 1 is 1.17 bits per heavy atom. The van der Waals surface area contributed by atoms with Crippen molar-refractivity contribution < 1.29 is 19.1 Å². The van der Waals surface area contributed by atoms with Crippen molar-refractivity contribution in [3.63, 3.8) is 0 Å². The average molecular weight is 414 g/mol. The van der Waals surface area contributed by atoms with Gasteiger partial charge in [-0.3, -0.25) is 19.5 Å². The Kier molecular flexibility index (Phi) is 6.49. The number of aryl methyl sites for hydroxylation is 1. The number of carbonyl (C=O) groups excluding carboxylic acids is 3. The summed E-state index contributed by atoms with van der Waals surface area (Å²) < 4.78 is 7.04. The van der Waals surface area contributed by atoms with E-state index in [4.69, 9.17) is 10.5 Å². The van der Waals surface area contributed by atoms with Crippen LogP contribution in [-0.4, -0.2) is 33.6 Å². The molecule has 0 bridgehead atoms. The summed E-state index contributed by atoms with van der Waals surface area (Å²) in [5.41, 5.74) is 5.45. The summed E-state index contributed by atoms with van der Waals surface area (Å²) in [4.78, 5) is 53.2. The maximum Gasteiger partial charge on any atom is 0.338 e. The van der Waals surface area contributed by atoms with Gasteiger partial charge in [0, 0.05) is 13.0 Å². The largest absolute Gasteiger partial charge is 0.448 e. The molecule has 160 valence electrons. The van der Waals surface area contributed by atoms with Crippen molar-refractivity contribution in [1.82, 2.24) is 14.9 Å². The van der Waals surface area contributed by atoms with Crippen LogP contribution >= 0.6 is 0 Å². The number of aromatic nitrogens is 2. The van der Waals surface area contributed by atoms with Gasteiger partial charge in [0.1, 0.15) is 5.82 Å². The third kappa shape index (κ3) is 4.67. The van der Waals surface area contributed by atoms with Gasteiger partial charge in [-0.25, -0.2) is 14.6 Å². The number of urea groups is 1. The summed E-state index contributed by atoms with van der Waals surface area (Å²) in [5, 5.41) is 2.36. The number of imide groups is 1. The summed E-state index contributed by atoms with van der Waals surface area (Å²) in [5.74, 6) is -1.19. The molecule has 9 nitrogen and oxygen atoms in total. The van der Waals surface area contributed by atoms with Crippen LogP contribution in [0.15, 0.2) is 23.0 Å². The summed E-state index contributed by atoms with van der Waals surface area (Å²) in [6.45, 7) is 4.00. The molecule has 0 aliphatic carbocycles. The van der Waals surface area contributed by atoms with Crippen LogP contribution in [0.1, 0.15) is 55.7 Å². The Labute approximate surface area is 173 Å². The molecule has 3 amide bonds. The second-order valence-electron chi connectivity index (χ2n) is 7.80. The second-order valence-corrected chi connectivity index (χ2v) is 7.80. The van der Waals surface area contributed by atoms with Crippen molar-refractivity contribution in [2.24, 2.45) is 11.7 Å². The van der Waals surface area contributed by atoms with Crippen LogP contribution in [0.3, 0.4) is 0 Å². The molecule has 1 aliphatic rings. The Morgan fingerprint density at radius 2 is 1.90 bits per heavy atom. The van der Waals surface area contributed by atoms with Crippen molar-refractivity contribution in [2.75, 3.05) is 0 Å². The number of primary amides is 1. The van der Waals surface area contributed by atoms with Crippen LogP contribution in [0.4, 0.5) is 4.79 Å². The van der Waals surface area contributed by atoms with Gasteiger partial charge in [0.15, 0.2) is 6.10 Å². The molecule has 1 aliphatic heterocycles. The van der Waals surface area contributed by atoms with Gasteiger partial charge in [-0.1, -0.05) is 26.7 Å². The molecular formula is C21H26N4O5. The van der Waals surface area contributed by atoms with Gasteiger partial charge in [0.2, 0.25) is 0 Å². The Hall–Kier alpha value is -3.23. The zero-order chi connectivity index (χ0) is 21.8. The van der Waals surface area contributed by atoms with Gasteiger partial charge < -0.3 is 10.5 Å². The standard InChI is InChI=1S/C21H26N4O5/c1-12(2)17(18(26)24-21(22)29)30-20(28)13-8-9-14-15(11-13)23-16-7-5-3-4-6-10-25(16)19(14)27/h8-9,11-12,17H,3-7,10H2,1-2H3,(H3,22,24,26,29)/t17-/m1/s1. The first-order valence-corrected chi connectivity index (χ1v) is 10.1. The lowest BCUT2D eigenvalue weighted by Gasteiger charge is -2.20. The number of nitrogens with two attached hydrogens (primary N) is 1. The smallest absolute Gasteiger partial charge is 0.338 e. The third-order valence-corrected chi connectivity index (χ3v) is 5.15. The van der Waals surface area contributed by atoms with E-state index in [2.05, 4.69) is 4.98 Å². The van der Waals surface area contributed by atoms with Gasteiger partial charge in [-0.2, -0.15) is 0 Å². The quantitative estimate of drug-likeness (QED) is 0.734. The predicted molar refractivity (Wildman–Crippen MR) is 110 cm³/mol. The minimum absolute atomic E-state index is 0.113. The molecule has 0 saturated heterocycles. The SMILES string of the molecule is CC(C)[C@@H](OC(=O)c1ccc2c(=O)n3c(nc2c1)CCCCCC3)C(=O)NC(N)=O. The third-order valence-electron chi connectivity index (χ3n) is 5.15. The topological polar surface area (TPSA) is 133 Å². The molecule has 3 rings (SSSR count). The lowest BCUT2D eigenvalue weighted by Crippen LogP contribution is -2.45. The molecule has 1 aromatic carbocycles. The fourth-order valence-electron chi connectivity index (χ4n) is 3.59. The lowest BCUT2D eigenvalue weighted by atomic mass is 10.1. The first-order valence-electron chi connectivity index (χ1n) is 10.1. The fourth-order valence-corrected chi connectivity index (χ4v) is 3.59. The highest BCUT2D eigenvalue weighted by Gasteiger charge is 2.28. The zero-order valence-electron chi connectivity index (χ0n) is 17.1. The van der Waals surface area contributed by atoms with Gasteiger partial charge in [0.25, 0.3) is 11.5 Å². The fraction of sp³-hybridized carbons (Fsp3) is 0.476. The normalized spacial score (nSPS) is 15.0. The summed E-state index contributed by atoms with van der Waals surface area (Å²) in [6.07, 6.45) is 3.62. The monoisotopic (exact) mass is 414 g/mol. The minimum Gasteiger partial charge on any atom is -0.448 e. The summed E-state index contributed by atoms with van der Waals surface area (Å²) in [7, 11) is 0. The molecule has 0 radical (unpaired) electrons. The first kappa shape index (κ1) is 21.5. The molecular weight excluding hydrogens is 388 g/mol. The molecule has 2 aromatic rings. The van der Waals surface area contributed by atoms with Crippen LogP contribution in [0.5, 0.6) is 0 Å². The summed E-state index contributed by atoms with van der Waals surface area (Å²) in [6, 6.07) is 3.52. The number of amides is 3. The van der Waals surface area contributed by atoms with Crippen molar-refractivity contribution in [1.29, 1.82) is 0 Å². The average Bonchev–Trinajstić information content (AvgIpc) is 2.66. The predicted octanol–water partition coefficient (Wildman–Crippen LogP) is 1.89. The van der Waals surface area contributed by atoms with E-state index in [1.165, 1.54) is 12.1 Å². The Bertz CT molecular complexity index is 1040. The summed E-state index contributed by atoms with van der Waals surface area (Å²) >= 11 is 0. The number of nitrogens with zero attached hydrogens (tertiary/aromatic N) is 2. The van der Waals surface area contributed by atoms with Crippen molar-refractivity contribution >= 4 is 28.8 Å². The van der Waals surface area contributed by atoms with Gasteiger partial charge >= 0.3 is 12.0 Å². The number of carbonyl (C=O) groups is 3. The van der Waals surface area contributed by atoms with Crippen LogP contribution in [0.25, 0.3) is 10.9 Å². The molecule has 3 N–H and O–H groups in total. The molecule has 1 aromatic heterocycles. The van der Waals surface area contributed by atoms with Crippen LogP contribution in [0, 0.1) is 5.92 Å². The van der Waals surface area contributed by atoms with Gasteiger partial charge in [0.05, 0.1) is 16.5 Å². The van der Waals surface area contributed by atoms with Gasteiger partial charge in [-0.15, -0.1) is 0 Å². The number of esters is 1. The number of hydrogen-bond donors (Lipinski definition) is 2. The van der Waals surface area contributed by atoms with Crippen molar-refractivity contribution in [3.05, 3.63) is 39.9 Å². The zero-order valence-corrected chi connectivity index (χ0v) is 17.1. The van der Waals surface area contributed by atoms with Gasteiger partial charge in [-0.05, 0) is 37.0 Å². The van der Waals surface area contributed by atoms with E-state index in [9.17, 15) is 19.2 Å². The number of fused-ring (bicyclic) bond motifs is 2. The van der Waals surface area contributed by atoms with E-state index in [1.807, 2.05) is 5.32 Å². The van der Waals surface area contributed by atoms with E-state index in [0.717, 1.165) is 31.5 Å². The Balaban J connectivity index is 1.91. The molecule has 1 atom stereocenters. The van der Waals surface area contributed by atoms with E-state index in [1.54, 1.807) is 24.5 Å². The van der Waals surface area contributed by atoms with Crippen molar-refractivity contribution in [2.45, 2.75) is 58.6 Å². The molecule has 30 heavy (non-hydrogen) atoms. The van der Waals surface area contributed by atoms with E-state index in [-0.39, 0.29) is 17.0 Å². The molecule has 0 saturated carbocycles. The van der Waals surface area contributed by atoms with E-state index in [0.29, 0.717) is 23.9 Å². The first-order chi connectivity index (χ1) is 14.3. The van der Waals surface area contributed by atoms with E-state index < -0.39 is 24.0 Å². The number of benzene rings is 1. The van der Waals surface area contributed by atoms with Crippen LogP contribution in [-0.2, 0) is 22.5 Å². The van der Waals surface area contributed by atoms with Crippen LogP contribution in [0.2, 0.25) is 0 Å². The minimum atomic E-state index is -1.19. The van der Waals surface area contributed by atoms with Crippen molar-refractivity contribution in [3.8, 4) is 0 Å². The highest BCUT2D eigenvalue weighted by Crippen LogP contribution is 2.18. The lowest BCUT2D eigenvalue weighted by molar-refractivity contribution is -0.130. The maximum atomic E-state index is 12.9. The highest BCUT2D eigenvalue weighted by atomic mass is 16.5. The molecule has 0 fully saturated rings. The number of nitrogens with one attached hydrogen (secondary N) is 1. The van der Waals surface area contributed by atoms with E-state index >= 15 is 0 Å².